The topological polar surface area (TPSA) is 58.4 Å². The van der Waals surface area contributed by atoms with E-state index in [1.165, 1.54) is 0 Å². The zero-order valence-electron chi connectivity index (χ0n) is 10.4. The van der Waals surface area contributed by atoms with Crippen molar-refractivity contribution in [2.45, 2.75) is 45.8 Å². The molecule has 92 valence electrons. The van der Waals surface area contributed by atoms with Gasteiger partial charge in [0.05, 0.1) is 0 Å². The van der Waals surface area contributed by atoms with Crippen molar-refractivity contribution in [3.8, 4) is 0 Å². The Kier molecular flexibility index (Phi) is 3.78. The van der Waals surface area contributed by atoms with Crippen molar-refractivity contribution in [3.05, 3.63) is 0 Å². The van der Waals surface area contributed by atoms with E-state index in [4.69, 9.17) is 4.74 Å². The van der Waals surface area contributed by atoms with Crippen LogP contribution < -0.4 is 5.32 Å². The van der Waals surface area contributed by atoms with Gasteiger partial charge in [-0.2, -0.15) is 0 Å². The van der Waals surface area contributed by atoms with Crippen LogP contribution in [0, 0.1) is 0 Å². The van der Waals surface area contributed by atoms with E-state index >= 15 is 0 Å². The summed E-state index contributed by atoms with van der Waals surface area (Å²) in [4.78, 5) is 24.2. The van der Waals surface area contributed by atoms with Crippen LogP contribution in [0.25, 0.3) is 0 Å². The van der Waals surface area contributed by atoms with Gasteiger partial charge in [-0.25, -0.2) is 4.79 Å². The predicted octanol–water partition coefficient (Wildman–Crippen LogP) is 1.13. The average molecular weight is 228 g/mol. The first-order valence-corrected chi connectivity index (χ1v) is 5.62. The summed E-state index contributed by atoms with van der Waals surface area (Å²) in [6.45, 7) is 8.61. The molecule has 0 aliphatic carbocycles. The van der Waals surface area contributed by atoms with Gasteiger partial charge >= 0.3 is 6.09 Å². The van der Waals surface area contributed by atoms with E-state index in [9.17, 15) is 9.59 Å². The van der Waals surface area contributed by atoms with Gasteiger partial charge in [-0.05, 0) is 34.1 Å². The molecule has 1 N–H and O–H groups in total. The summed E-state index contributed by atoms with van der Waals surface area (Å²) < 4.78 is 5.07. The molecule has 1 rings (SSSR count). The van der Waals surface area contributed by atoms with Crippen molar-refractivity contribution in [1.82, 2.24) is 10.2 Å². The van der Waals surface area contributed by atoms with Crippen LogP contribution in [0.3, 0.4) is 0 Å². The molecule has 1 atom stereocenters. The first-order chi connectivity index (χ1) is 7.35. The third-order valence-electron chi connectivity index (χ3n) is 2.30. The van der Waals surface area contributed by atoms with Crippen molar-refractivity contribution in [2.24, 2.45) is 0 Å². The van der Waals surface area contributed by atoms with E-state index in [2.05, 4.69) is 5.32 Å². The second-order valence-electron chi connectivity index (χ2n) is 4.86. The molecule has 0 aromatic rings. The standard InChI is InChI=1S/C11H20N2O3/c1-5-13-8(9(13)14)6-7-12-10(15)16-11(2,3)4/h8H,5-7H2,1-4H3,(H,12,15). The first-order valence-electron chi connectivity index (χ1n) is 5.62. The Hall–Kier alpha value is -1.26. The Morgan fingerprint density at radius 2 is 2.12 bits per heavy atom. The molecule has 5 heteroatoms. The zero-order chi connectivity index (χ0) is 12.3. The van der Waals surface area contributed by atoms with Gasteiger partial charge in [-0.15, -0.1) is 0 Å². The number of carbonyl (C=O) groups is 2. The number of likely N-dealkylation sites (N-methyl/N-ethyl adjacent to an activating group) is 1. The van der Waals surface area contributed by atoms with Gasteiger partial charge < -0.3 is 15.0 Å². The smallest absolute Gasteiger partial charge is 0.407 e. The summed E-state index contributed by atoms with van der Waals surface area (Å²) in [5.74, 6) is 0.175. The van der Waals surface area contributed by atoms with Gasteiger partial charge in [0.25, 0.3) is 0 Å². The zero-order valence-corrected chi connectivity index (χ0v) is 10.4. The molecular formula is C11H20N2O3. The van der Waals surface area contributed by atoms with Crippen molar-refractivity contribution >= 4 is 12.0 Å². The minimum atomic E-state index is -0.477. The van der Waals surface area contributed by atoms with Gasteiger partial charge in [0, 0.05) is 13.1 Å². The van der Waals surface area contributed by atoms with E-state index in [-0.39, 0.29) is 11.9 Å². The summed E-state index contributed by atoms with van der Waals surface area (Å²) in [6, 6.07) is -0.0000586. The van der Waals surface area contributed by atoms with Crippen LogP contribution in [-0.4, -0.2) is 41.6 Å². The molecular weight excluding hydrogens is 208 g/mol. The maximum atomic E-state index is 11.3. The largest absolute Gasteiger partial charge is 0.444 e. The van der Waals surface area contributed by atoms with E-state index in [0.717, 1.165) is 6.54 Å². The summed E-state index contributed by atoms with van der Waals surface area (Å²) in [7, 11) is 0. The monoisotopic (exact) mass is 228 g/mol. The van der Waals surface area contributed by atoms with Crippen molar-refractivity contribution < 1.29 is 14.3 Å². The Morgan fingerprint density at radius 3 is 2.56 bits per heavy atom. The minimum Gasteiger partial charge on any atom is -0.444 e. The average Bonchev–Trinajstić information content (AvgIpc) is 2.73. The third-order valence-corrected chi connectivity index (χ3v) is 2.30. The molecule has 0 aromatic carbocycles. The number of hydrogen-bond donors (Lipinski definition) is 1. The summed E-state index contributed by atoms with van der Waals surface area (Å²) >= 11 is 0. The molecule has 1 fully saturated rings. The lowest BCUT2D eigenvalue weighted by atomic mass is 10.2. The molecule has 0 spiro atoms. The Morgan fingerprint density at radius 1 is 1.50 bits per heavy atom. The number of rotatable bonds is 4. The Labute approximate surface area is 96.1 Å². The number of nitrogens with zero attached hydrogens (tertiary/aromatic N) is 1. The molecule has 1 aliphatic heterocycles. The van der Waals surface area contributed by atoms with Crippen LogP contribution >= 0.6 is 0 Å². The molecule has 1 unspecified atom stereocenters. The molecule has 16 heavy (non-hydrogen) atoms. The molecule has 2 amide bonds. The summed E-state index contributed by atoms with van der Waals surface area (Å²) in [6.07, 6.45) is 0.231. The van der Waals surface area contributed by atoms with Crippen LogP contribution in [0.1, 0.15) is 34.1 Å². The number of amides is 2. The van der Waals surface area contributed by atoms with Crippen LogP contribution in [0.15, 0.2) is 0 Å². The third kappa shape index (κ3) is 3.72. The fraction of sp³-hybridized carbons (Fsp3) is 0.818. The molecule has 0 radical (unpaired) electrons. The van der Waals surface area contributed by atoms with E-state index in [0.29, 0.717) is 13.0 Å². The molecule has 5 nitrogen and oxygen atoms in total. The molecule has 0 saturated carbocycles. The first kappa shape index (κ1) is 12.8. The maximum absolute atomic E-state index is 11.3. The highest BCUT2D eigenvalue weighted by molar-refractivity contribution is 5.96. The molecule has 1 saturated heterocycles. The quantitative estimate of drug-likeness (QED) is 0.734. The highest BCUT2D eigenvalue weighted by Gasteiger charge is 2.43. The normalized spacial score (nSPS) is 19.6. The van der Waals surface area contributed by atoms with Gasteiger partial charge in [0.2, 0.25) is 5.91 Å². The predicted molar refractivity (Wildman–Crippen MR) is 60.0 cm³/mol. The van der Waals surface area contributed by atoms with Crippen LogP contribution in [0.2, 0.25) is 0 Å². The van der Waals surface area contributed by atoms with Gasteiger partial charge in [-0.3, -0.25) is 4.79 Å². The molecule has 0 bridgehead atoms. The molecule has 1 heterocycles. The van der Waals surface area contributed by atoms with E-state index < -0.39 is 11.7 Å². The fourth-order valence-electron chi connectivity index (χ4n) is 1.54. The number of nitrogens with one attached hydrogen (secondary N) is 1. The number of alkyl carbamates (subject to hydrolysis) is 1. The lowest BCUT2D eigenvalue weighted by molar-refractivity contribution is -0.113. The summed E-state index contributed by atoms with van der Waals surface area (Å²) in [5, 5.41) is 2.64. The summed E-state index contributed by atoms with van der Waals surface area (Å²) in [5.41, 5.74) is -0.477. The molecule has 0 aromatic heterocycles. The van der Waals surface area contributed by atoms with Gasteiger partial charge in [0.15, 0.2) is 0 Å². The van der Waals surface area contributed by atoms with Gasteiger partial charge in [0.1, 0.15) is 11.6 Å². The minimum absolute atomic E-state index is 0.0000586. The van der Waals surface area contributed by atoms with Crippen LogP contribution in [-0.2, 0) is 9.53 Å². The fourth-order valence-corrected chi connectivity index (χ4v) is 1.54. The highest BCUT2D eigenvalue weighted by Crippen LogP contribution is 2.21. The van der Waals surface area contributed by atoms with E-state index in [1.807, 2.05) is 27.7 Å². The van der Waals surface area contributed by atoms with Crippen molar-refractivity contribution in [1.29, 1.82) is 0 Å². The van der Waals surface area contributed by atoms with E-state index in [1.54, 1.807) is 4.90 Å². The Bertz CT molecular complexity index is 283. The Balaban J connectivity index is 2.13. The maximum Gasteiger partial charge on any atom is 0.407 e. The lowest BCUT2D eigenvalue weighted by Gasteiger charge is -2.19. The van der Waals surface area contributed by atoms with Crippen LogP contribution in [0.4, 0.5) is 4.79 Å². The number of carbonyl (C=O) groups excluding carboxylic acids is 2. The second-order valence-corrected chi connectivity index (χ2v) is 4.86. The second kappa shape index (κ2) is 4.72. The van der Waals surface area contributed by atoms with Crippen molar-refractivity contribution in [3.63, 3.8) is 0 Å². The highest BCUT2D eigenvalue weighted by atomic mass is 16.6. The van der Waals surface area contributed by atoms with Gasteiger partial charge in [-0.1, -0.05) is 0 Å². The number of ether oxygens (including phenoxy) is 1. The number of hydrogen-bond acceptors (Lipinski definition) is 3. The SMILES string of the molecule is CCN1C(=O)C1CCNC(=O)OC(C)(C)C. The van der Waals surface area contributed by atoms with Crippen LogP contribution in [0.5, 0.6) is 0 Å². The molecule has 1 aliphatic rings. The van der Waals surface area contributed by atoms with Crippen molar-refractivity contribution in [2.75, 3.05) is 13.1 Å². The lowest BCUT2D eigenvalue weighted by Crippen LogP contribution is -2.33.